The van der Waals surface area contributed by atoms with Crippen LogP contribution in [-0.2, 0) is 0 Å². The smallest absolute Gasteiger partial charge is 0.000697 e. The fraction of sp³-hybridized carbons (Fsp3) is 0.0448. The van der Waals surface area contributed by atoms with Crippen LogP contribution in [0.2, 0.25) is 0 Å². The van der Waals surface area contributed by atoms with Crippen LogP contribution in [-0.4, -0.2) is 0 Å². The molecule has 0 saturated heterocycles. The number of benzene rings is 12. The third-order valence-electron chi connectivity index (χ3n) is 15.0. The van der Waals surface area contributed by atoms with Crippen molar-refractivity contribution in [3.63, 3.8) is 0 Å². The maximum Gasteiger partial charge on any atom is -0.000697 e. The predicted octanol–water partition coefficient (Wildman–Crippen LogP) is 19.0. The summed E-state index contributed by atoms with van der Waals surface area (Å²) in [4.78, 5) is 0. The molecule has 0 atom stereocenters. The van der Waals surface area contributed by atoms with E-state index in [1.54, 1.807) is 0 Å². The second kappa shape index (κ2) is 14.3. The van der Waals surface area contributed by atoms with Crippen molar-refractivity contribution in [1.82, 2.24) is 0 Å². The molecular weight excluding hydrogens is 805 g/mol. The zero-order chi connectivity index (χ0) is 44.5. The number of hydrogen-bond acceptors (Lipinski definition) is 0. The molecule has 0 aliphatic rings. The second-order valence-electron chi connectivity index (χ2n) is 18.8. The Morgan fingerprint density at radius 1 is 0.224 bits per heavy atom. The first kappa shape index (κ1) is 38.0. The van der Waals surface area contributed by atoms with E-state index in [4.69, 9.17) is 0 Å². The molecule has 0 heteroatoms. The van der Waals surface area contributed by atoms with Gasteiger partial charge in [-0.25, -0.2) is 0 Å². The summed E-state index contributed by atoms with van der Waals surface area (Å²) < 4.78 is 0. The van der Waals surface area contributed by atoms with Gasteiger partial charge < -0.3 is 0 Å². The van der Waals surface area contributed by atoms with Gasteiger partial charge >= 0.3 is 0 Å². The van der Waals surface area contributed by atoms with Gasteiger partial charge in [0.2, 0.25) is 0 Å². The van der Waals surface area contributed by atoms with Gasteiger partial charge in [0.15, 0.2) is 0 Å². The van der Waals surface area contributed by atoms with E-state index in [9.17, 15) is 0 Å². The van der Waals surface area contributed by atoms with Crippen LogP contribution in [0.4, 0.5) is 0 Å². The van der Waals surface area contributed by atoms with Crippen LogP contribution >= 0.6 is 0 Å². The van der Waals surface area contributed by atoms with Crippen molar-refractivity contribution < 1.29 is 0 Å². The van der Waals surface area contributed by atoms with Crippen molar-refractivity contribution in [2.24, 2.45) is 0 Å². The van der Waals surface area contributed by atoms with Crippen LogP contribution in [0.1, 0.15) is 16.7 Å². The van der Waals surface area contributed by atoms with Crippen LogP contribution in [0.15, 0.2) is 212 Å². The Labute approximate surface area is 389 Å². The minimum Gasteiger partial charge on any atom is -0.0622 e. The van der Waals surface area contributed by atoms with Crippen LogP contribution in [0.5, 0.6) is 0 Å². The van der Waals surface area contributed by atoms with E-state index in [0.717, 1.165) is 0 Å². The normalized spacial score (nSPS) is 12.1. The highest BCUT2D eigenvalue weighted by atomic mass is 14.3. The molecule has 0 nitrogen and oxygen atoms in total. The Morgan fingerprint density at radius 2 is 0.687 bits per heavy atom. The molecular formula is C67H44. The minimum absolute atomic E-state index is 1.23. The standard InChI is InChI=1S/C67H44/c1-39-35-52-60-53(36-39)65-55(38-56(60)63-49(43-23-10-5-11-24-43)32-31-48(62(52)63)42-21-8-4-9-22-42)58(44-25-12-6-13-26-44)66-51-34-33-50(57-40(2)19-18-20-41(57)3)61-47-30-17-16-29-46(47)37-54(64(51)61)67(66)59(65)45-27-14-7-15-28-45/h4-38H,1-3H3. The fourth-order valence-electron chi connectivity index (χ4n) is 12.4. The van der Waals surface area contributed by atoms with Gasteiger partial charge in [0.1, 0.15) is 0 Å². The Hall–Kier alpha value is -8.32. The molecule has 67 heavy (non-hydrogen) atoms. The Kier molecular flexibility index (Phi) is 8.13. The van der Waals surface area contributed by atoms with E-state index < -0.39 is 0 Å². The fourth-order valence-corrected chi connectivity index (χ4v) is 12.4. The molecule has 0 fully saturated rings. The van der Waals surface area contributed by atoms with Crippen molar-refractivity contribution in [3.8, 4) is 55.6 Å². The Balaban J connectivity index is 1.30. The highest BCUT2D eigenvalue weighted by Gasteiger charge is 2.29. The zero-order valence-electron chi connectivity index (χ0n) is 37.7. The van der Waals surface area contributed by atoms with E-state index in [1.165, 1.54) is 159 Å². The lowest BCUT2D eigenvalue weighted by atomic mass is 9.83. The molecule has 0 bridgehead atoms. The average Bonchev–Trinajstić information content (AvgIpc) is 3.87. The Bertz CT molecular complexity index is 4280. The van der Waals surface area contributed by atoms with Crippen LogP contribution in [0, 0.1) is 20.8 Å². The average molecular weight is 849 g/mol. The zero-order valence-corrected chi connectivity index (χ0v) is 37.7. The SMILES string of the molecule is Cc1cc2c3c(-c4ccccc4)c4c5cc6ccccc6c6c(-c7c(C)cccc7C)ccc(c4c(-c4ccccc4)c3cc3c4c(-c7ccccc7)ccc(-c7ccccc7)c4c(c1)c23)c56. The molecule has 312 valence electrons. The summed E-state index contributed by atoms with van der Waals surface area (Å²) in [5.74, 6) is 0. The molecule has 0 unspecified atom stereocenters. The summed E-state index contributed by atoms with van der Waals surface area (Å²) in [6.07, 6.45) is 0. The summed E-state index contributed by atoms with van der Waals surface area (Å²) in [5.41, 5.74) is 16.5. The Morgan fingerprint density at radius 3 is 1.30 bits per heavy atom. The second-order valence-corrected chi connectivity index (χ2v) is 18.8. The van der Waals surface area contributed by atoms with Crippen molar-refractivity contribution in [3.05, 3.63) is 229 Å². The number of hydrogen-bond donors (Lipinski definition) is 0. The molecule has 0 heterocycles. The van der Waals surface area contributed by atoms with E-state index in [1.807, 2.05) is 0 Å². The summed E-state index contributed by atoms with van der Waals surface area (Å²) in [5, 5.41) is 21.0. The monoisotopic (exact) mass is 848 g/mol. The van der Waals surface area contributed by atoms with Crippen LogP contribution in [0.25, 0.3) is 142 Å². The van der Waals surface area contributed by atoms with Crippen molar-refractivity contribution in [1.29, 1.82) is 0 Å². The molecule has 0 aliphatic heterocycles. The first-order valence-electron chi connectivity index (χ1n) is 23.6. The topological polar surface area (TPSA) is 0 Å². The van der Waals surface area contributed by atoms with Gasteiger partial charge in [-0.1, -0.05) is 200 Å². The van der Waals surface area contributed by atoms with Gasteiger partial charge in [0.25, 0.3) is 0 Å². The quantitative estimate of drug-likeness (QED) is 0.151. The van der Waals surface area contributed by atoms with E-state index in [-0.39, 0.29) is 0 Å². The maximum absolute atomic E-state index is 2.60. The van der Waals surface area contributed by atoms with Crippen molar-refractivity contribution in [2.75, 3.05) is 0 Å². The molecule has 0 amide bonds. The summed E-state index contributed by atoms with van der Waals surface area (Å²) >= 11 is 0. The number of rotatable bonds is 5. The predicted molar refractivity (Wildman–Crippen MR) is 290 cm³/mol. The molecule has 14 rings (SSSR count). The van der Waals surface area contributed by atoms with Gasteiger partial charge in [-0.15, -0.1) is 0 Å². The molecule has 0 N–H and O–H groups in total. The number of aryl methyl sites for hydroxylation is 3. The van der Waals surface area contributed by atoms with Crippen molar-refractivity contribution in [2.45, 2.75) is 20.8 Å². The van der Waals surface area contributed by atoms with Gasteiger partial charge in [0.05, 0.1) is 0 Å². The molecule has 14 aromatic rings. The highest BCUT2D eigenvalue weighted by Crippen LogP contribution is 2.57. The third-order valence-corrected chi connectivity index (χ3v) is 15.0. The maximum atomic E-state index is 2.60. The summed E-state index contributed by atoms with van der Waals surface area (Å²) in [7, 11) is 0. The lowest BCUT2D eigenvalue weighted by molar-refractivity contribution is 1.39. The largest absolute Gasteiger partial charge is 0.0622 e. The van der Waals surface area contributed by atoms with Gasteiger partial charge in [0, 0.05) is 0 Å². The van der Waals surface area contributed by atoms with Crippen LogP contribution < -0.4 is 0 Å². The van der Waals surface area contributed by atoms with E-state index in [2.05, 4.69) is 233 Å². The lowest BCUT2D eigenvalue weighted by Crippen LogP contribution is -1.91. The molecule has 0 aromatic heterocycles. The van der Waals surface area contributed by atoms with Gasteiger partial charge in [-0.3, -0.25) is 0 Å². The first-order chi connectivity index (χ1) is 33.0. The van der Waals surface area contributed by atoms with E-state index >= 15 is 0 Å². The third kappa shape index (κ3) is 5.36. The molecule has 0 radical (unpaired) electrons. The molecule has 0 saturated carbocycles. The highest BCUT2D eigenvalue weighted by molar-refractivity contribution is 6.47. The molecule has 0 spiro atoms. The van der Waals surface area contributed by atoms with Crippen LogP contribution in [0.3, 0.4) is 0 Å². The lowest BCUT2D eigenvalue weighted by Gasteiger charge is -2.19. The first-order valence-corrected chi connectivity index (χ1v) is 23.6. The molecule has 0 aliphatic carbocycles. The summed E-state index contributed by atoms with van der Waals surface area (Å²) in [6, 6.07) is 80.0. The number of fused-ring (bicyclic) bond motifs is 10. The minimum atomic E-state index is 1.23. The van der Waals surface area contributed by atoms with Gasteiger partial charge in [-0.05, 0) is 191 Å². The van der Waals surface area contributed by atoms with Gasteiger partial charge in [-0.2, -0.15) is 0 Å². The van der Waals surface area contributed by atoms with Crippen molar-refractivity contribution >= 4 is 86.2 Å². The molecule has 14 aromatic carbocycles. The summed E-state index contributed by atoms with van der Waals surface area (Å²) in [6.45, 7) is 6.83. The van der Waals surface area contributed by atoms with E-state index in [0.29, 0.717) is 0 Å².